The van der Waals surface area contributed by atoms with E-state index in [2.05, 4.69) is 17.4 Å². The predicted molar refractivity (Wildman–Crippen MR) is 73.0 cm³/mol. The molecule has 1 aliphatic carbocycles. The lowest BCUT2D eigenvalue weighted by Gasteiger charge is -2.26. The van der Waals surface area contributed by atoms with Crippen LogP contribution in [0.4, 0.5) is 0 Å². The number of methoxy groups -OCH3 is 1. The van der Waals surface area contributed by atoms with Gasteiger partial charge < -0.3 is 15.2 Å². The van der Waals surface area contributed by atoms with Gasteiger partial charge in [0.1, 0.15) is 5.75 Å². The lowest BCUT2D eigenvalue weighted by molar-refractivity contribution is 0.117. The second-order valence-electron chi connectivity index (χ2n) is 5.06. The SMILES string of the molecule is COc1ccc(CCNC2CCC(O)CC2)cc1. The average molecular weight is 249 g/mol. The van der Waals surface area contributed by atoms with Crippen LogP contribution >= 0.6 is 0 Å². The Hall–Kier alpha value is -1.06. The molecule has 1 saturated carbocycles. The Morgan fingerprint density at radius 3 is 2.44 bits per heavy atom. The van der Waals surface area contributed by atoms with Gasteiger partial charge in [0.25, 0.3) is 0 Å². The molecule has 0 spiro atoms. The van der Waals surface area contributed by atoms with Crippen molar-refractivity contribution >= 4 is 0 Å². The molecule has 0 radical (unpaired) electrons. The van der Waals surface area contributed by atoms with Gasteiger partial charge in [0.2, 0.25) is 0 Å². The minimum atomic E-state index is -0.0651. The van der Waals surface area contributed by atoms with Crippen LogP contribution < -0.4 is 10.1 Å². The Bertz CT molecular complexity index is 342. The number of aliphatic hydroxyl groups is 1. The van der Waals surface area contributed by atoms with Crippen molar-refractivity contribution in [3.8, 4) is 5.75 Å². The highest BCUT2D eigenvalue weighted by molar-refractivity contribution is 5.27. The Balaban J connectivity index is 1.68. The highest BCUT2D eigenvalue weighted by atomic mass is 16.5. The van der Waals surface area contributed by atoms with Crippen molar-refractivity contribution in [2.45, 2.75) is 44.2 Å². The van der Waals surface area contributed by atoms with Crippen LogP contribution in [-0.4, -0.2) is 30.9 Å². The summed E-state index contributed by atoms with van der Waals surface area (Å²) in [5.74, 6) is 0.910. The van der Waals surface area contributed by atoms with E-state index in [0.29, 0.717) is 6.04 Å². The van der Waals surface area contributed by atoms with Crippen molar-refractivity contribution in [3.63, 3.8) is 0 Å². The van der Waals surface area contributed by atoms with Crippen LogP contribution in [-0.2, 0) is 6.42 Å². The Labute approximate surface area is 109 Å². The molecule has 0 unspecified atom stereocenters. The van der Waals surface area contributed by atoms with Gasteiger partial charge in [-0.05, 0) is 56.3 Å². The van der Waals surface area contributed by atoms with E-state index in [9.17, 15) is 5.11 Å². The summed E-state index contributed by atoms with van der Waals surface area (Å²) in [7, 11) is 1.69. The molecule has 0 bridgehead atoms. The van der Waals surface area contributed by atoms with E-state index in [1.165, 1.54) is 5.56 Å². The molecule has 0 amide bonds. The highest BCUT2D eigenvalue weighted by Gasteiger charge is 2.18. The summed E-state index contributed by atoms with van der Waals surface area (Å²) in [5.41, 5.74) is 1.33. The number of benzene rings is 1. The third kappa shape index (κ3) is 4.00. The number of rotatable bonds is 5. The van der Waals surface area contributed by atoms with Gasteiger partial charge >= 0.3 is 0 Å². The summed E-state index contributed by atoms with van der Waals surface area (Å²) >= 11 is 0. The van der Waals surface area contributed by atoms with Crippen molar-refractivity contribution in [1.82, 2.24) is 5.32 Å². The van der Waals surface area contributed by atoms with Crippen LogP contribution in [0.1, 0.15) is 31.2 Å². The molecule has 1 fully saturated rings. The molecule has 3 heteroatoms. The molecule has 0 aliphatic heterocycles. The smallest absolute Gasteiger partial charge is 0.118 e. The third-order valence-electron chi connectivity index (χ3n) is 3.70. The van der Waals surface area contributed by atoms with E-state index >= 15 is 0 Å². The second-order valence-corrected chi connectivity index (χ2v) is 5.06. The van der Waals surface area contributed by atoms with E-state index in [1.54, 1.807) is 7.11 Å². The number of hydrogen-bond donors (Lipinski definition) is 2. The normalized spacial score (nSPS) is 23.9. The zero-order valence-corrected chi connectivity index (χ0v) is 11.1. The minimum absolute atomic E-state index is 0.0651. The zero-order chi connectivity index (χ0) is 12.8. The molecule has 1 aromatic carbocycles. The summed E-state index contributed by atoms with van der Waals surface area (Å²) in [6, 6.07) is 8.83. The molecular formula is C15H23NO2. The fourth-order valence-corrected chi connectivity index (χ4v) is 2.49. The monoisotopic (exact) mass is 249 g/mol. The van der Waals surface area contributed by atoms with Crippen LogP contribution in [0.25, 0.3) is 0 Å². The Kier molecular flexibility index (Phi) is 5.02. The summed E-state index contributed by atoms with van der Waals surface area (Å²) in [6.07, 6.45) is 5.07. The fraction of sp³-hybridized carbons (Fsp3) is 0.600. The predicted octanol–water partition coefficient (Wildman–Crippen LogP) is 2.13. The van der Waals surface area contributed by atoms with E-state index in [4.69, 9.17) is 4.74 Å². The quantitative estimate of drug-likeness (QED) is 0.840. The van der Waals surface area contributed by atoms with Crippen molar-refractivity contribution < 1.29 is 9.84 Å². The topological polar surface area (TPSA) is 41.5 Å². The maximum Gasteiger partial charge on any atom is 0.118 e. The lowest BCUT2D eigenvalue weighted by Crippen LogP contribution is -2.35. The Morgan fingerprint density at radius 2 is 1.83 bits per heavy atom. The van der Waals surface area contributed by atoms with Crippen LogP contribution in [0.2, 0.25) is 0 Å². The number of ether oxygens (including phenoxy) is 1. The first-order valence-electron chi connectivity index (χ1n) is 6.82. The molecule has 0 saturated heterocycles. The number of nitrogens with one attached hydrogen (secondary N) is 1. The number of hydrogen-bond acceptors (Lipinski definition) is 3. The highest BCUT2D eigenvalue weighted by Crippen LogP contribution is 2.18. The van der Waals surface area contributed by atoms with Gasteiger partial charge in [-0.25, -0.2) is 0 Å². The Morgan fingerprint density at radius 1 is 1.17 bits per heavy atom. The molecule has 1 aromatic rings. The van der Waals surface area contributed by atoms with Crippen LogP contribution in [0, 0.1) is 0 Å². The maximum absolute atomic E-state index is 9.44. The summed E-state index contributed by atoms with van der Waals surface area (Å²) in [6.45, 7) is 1.01. The molecule has 0 atom stereocenters. The van der Waals surface area contributed by atoms with Crippen molar-refractivity contribution in [2.75, 3.05) is 13.7 Å². The summed E-state index contributed by atoms with van der Waals surface area (Å²) < 4.78 is 5.14. The first-order valence-corrected chi connectivity index (χ1v) is 6.82. The molecule has 18 heavy (non-hydrogen) atoms. The number of aliphatic hydroxyl groups excluding tert-OH is 1. The van der Waals surface area contributed by atoms with Crippen molar-refractivity contribution in [3.05, 3.63) is 29.8 Å². The first kappa shape index (κ1) is 13.4. The molecular weight excluding hydrogens is 226 g/mol. The lowest BCUT2D eigenvalue weighted by atomic mass is 9.93. The van der Waals surface area contributed by atoms with Gasteiger partial charge in [0.05, 0.1) is 13.2 Å². The van der Waals surface area contributed by atoms with Gasteiger partial charge in [-0.15, -0.1) is 0 Å². The molecule has 100 valence electrons. The molecule has 2 rings (SSSR count). The third-order valence-corrected chi connectivity index (χ3v) is 3.70. The molecule has 3 nitrogen and oxygen atoms in total. The van der Waals surface area contributed by atoms with E-state index < -0.39 is 0 Å². The van der Waals surface area contributed by atoms with Gasteiger partial charge in [0, 0.05) is 6.04 Å². The standard InChI is InChI=1S/C15H23NO2/c1-18-15-8-2-12(3-9-15)10-11-16-13-4-6-14(17)7-5-13/h2-3,8-9,13-14,16-17H,4-7,10-11H2,1H3. The molecule has 2 N–H and O–H groups in total. The summed E-state index contributed by atoms with van der Waals surface area (Å²) in [5, 5.41) is 13.0. The first-order chi connectivity index (χ1) is 8.78. The van der Waals surface area contributed by atoms with Crippen molar-refractivity contribution in [2.24, 2.45) is 0 Å². The van der Waals surface area contributed by atoms with Crippen LogP contribution in [0.5, 0.6) is 5.75 Å². The molecule has 1 aliphatic rings. The van der Waals surface area contributed by atoms with Gasteiger partial charge in [-0.3, -0.25) is 0 Å². The van der Waals surface area contributed by atoms with E-state index in [-0.39, 0.29) is 6.10 Å². The van der Waals surface area contributed by atoms with Crippen LogP contribution in [0.3, 0.4) is 0 Å². The second kappa shape index (κ2) is 6.76. The largest absolute Gasteiger partial charge is 0.497 e. The van der Waals surface area contributed by atoms with Crippen LogP contribution in [0.15, 0.2) is 24.3 Å². The van der Waals surface area contributed by atoms with E-state index in [0.717, 1.165) is 44.4 Å². The van der Waals surface area contributed by atoms with Crippen molar-refractivity contribution in [1.29, 1.82) is 0 Å². The minimum Gasteiger partial charge on any atom is -0.497 e. The van der Waals surface area contributed by atoms with Gasteiger partial charge in [-0.1, -0.05) is 12.1 Å². The summed E-state index contributed by atoms with van der Waals surface area (Å²) in [4.78, 5) is 0. The molecule has 0 aromatic heterocycles. The van der Waals surface area contributed by atoms with E-state index in [1.807, 2.05) is 12.1 Å². The van der Waals surface area contributed by atoms with Gasteiger partial charge in [-0.2, -0.15) is 0 Å². The molecule has 0 heterocycles. The van der Waals surface area contributed by atoms with Gasteiger partial charge in [0.15, 0.2) is 0 Å². The average Bonchev–Trinajstić information content (AvgIpc) is 2.42. The zero-order valence-electron chi connectivity index (χ0n) is 11.1. The maximum atomic E-state index is 9.44. The fourth-order valence-electron chi connectivity index (χ4n) is 2.49.